The van der Waals surface area contributed by atoms with Gasteiger partial charge in [-0.3, -0.25) is 10.1 Å². The summed E-state index contributed by atoms with van der Waals surface area (Å²) < 4.78 is 22.0. The molecule has 1 unspecified atom stereocenters. The average molecular weight is 459 g/mol. The zero-order valence-electron chi connectivity index (χ0n) is 17.6. The van der Waals surface area contributed by atoms with Crippen LogP contribution < -0.4 is 4.90 Å². The van der Waals surface area contributed by atoms with Crippen LogP contribution in [-0.2, 0) is 4.74 Å². The number of fused-ring (bicyclic) bond motifs is 1. The van der Waals surface area contributed by atoms with E-state index in [9.17, 15) is 19.3 Å². The van der Waals surface area contributed by atoms with E-state index < -0.39 is 16.8 Å². The Balaban J connectivity index is 1.47. The van der Waals surface area contributed by atoms with Crippen LogP contribution in [0.4, 0.5) is 20.6 Å². The lowest BCUT2D eigenvalue weighted by Gasteiger charge is -2.34. The van der Waals surface area contributed by atoms with Gasteiger partial charge in [0.15, 0.2) is 5.82 Å². The summed E-state index contributed by atoms with van der Waals surface area (Å²) in [5.41, 5.74) is 0.975. The van der Waals surface area contributed by atoms with Crippen LogP contribution in [0.25, 0.3) is 22.6 Å². The fourth-order valence-corrected chi connectivity index (χ4v) is 4.28. The number of halogens is 1. The molecule has 2 N–H and O–H groups in total. The second-order valence-electron chi connectivity index (χ2n) is 8.08. The van der Waals surface area contributed by atoms with Crippen molar-refractivity contribution in [3.63, 3.8) is 0 Å². The average Bonchev–Trinajstić information content (AvgIpc) is 3.43. The zero-order chi connectivity index (χ0) is 23.1. The summed E-state index contributed by atoms with van der Waals surface area (Å²) >= 11 is 0. The lowest BCUT2D eigenvalue weighted by Crippen LogP contribution is -2.48. The van der Waals surface area contributed by atoms with E-state index in [2.05, 4.69) is 15.1 Å². The lowest BCUT2D eigenvalue weighted by molar-refractivity contribution is -0.384. The Bertz CT molecular complexity index is 1210. The SMILES string of the molecule is O=C(O)N1CCN(c2cc3[nH]c(-c4nn(C5CCCCO5)cc4[N+](=O)[O-])nc3cc2F)CC1. The van der Waals surface area contributed by atoms with Crippen molar-refractivity contribution >= 4 is 28.5 Å². The zero-order valence-corrected chi connectivity index (χ0v) is 17.6. The molecule has 2 aliphatic heterocycles. The molecule has 0 radical (unpaired) electrons. The van der Waals surface area contributed by atoms with Gasteiger partial charge in [-0.05, 0) is 25.3 Å². The molecule has 33 heavy (non-hydrogen) atoms. The molecule has 2 fully saturated rings. The molecular formula is C20H22FN7O5. The van der Waals surface area contributed by atoms with Gasteiger partial charge in [-0.25, -0.2) is 18.9 Å². The number of amides is 1. The van der Waals surface area contributed by atoms with Crippen molar-refractivity contribution < 1.29 is 24.0 Å². The second-order valence-corrected chi connectivity index (χ2v) is 8.08. The maximum absolute atomic E-state index is 14.9. The van der Waals surface area contributed by atoms with Gasteiger partial charge in [-0.2, -0.15) is 5.10 Å². The molecule has 1 atom stereocenters. The Hall–Kier alpha value is -3.74. The van der Waals surface area contributed by atoms with Crippen molar-refractivity contribution in [2.24, 2.45) is 0 Å². The minimum absolute atomic E-state index is 0.0578. The predicted molar refractivity (Wildman–Crippen MR) is 115 cm³/mol. The van der Waals surface area contributed by atoms with Gasteiger partial charge in [-0.15, -0.1) is 0 Å². The number of carboxylic acid groups (broad SMARTS) is 1. The first-order valence-corrected chi connectivity index (χ1v) is 10.7. The maximum atomic E-state index is 14.9. The first-order valence-electron chi connectivity index (χ1n) is 10.7. The van der Waals surface area contributed by atoms with Crippen LogP contribution in [0.2, 0.25) is 0 Å². The normalized spacial score (nSPS) is 19.2. The topological polar surface area (TPSA) is 143 Å². The number of nitrogens with one attached hydrogen (secondary N) is 1. The van der Waals surface area contributed by atoms with Gasteiger partial charge in [0, 0.05) is 38.9 Å². The number of aromatic nitrogens is 4. The highest BCUT2D eigenvalue weighted by molar-refractivity contribution is 5.84. The molecule has 0 bridgehead atoms. The van der Waals surface area contributed by atoms with Crippen LogP contribution in [0.1, 0.15) is 25.5 Å². The molecule has 0 aliphatic carbocycles. The largest absolute Gasteiger partial charge is 0.465 e. The van der Waals surface area contributed by atoms with Crippen LogP contribution in [-0.4, -0.2) is 73.6 Å². The third-order valence-electron chi connectivity index (χ3n) is 6.03. The van der Waals surface area contributed by atoms with Gasteiger partial charge in [0.1, 0.15) is 18.2 Å². The number of hydrogen-bond donors (Lipinski definition) is 2. The number of benzene rings is 1. The molecule has 12 nitrogen and oxygen atoms in total. The van der Waals surface area contributed by atoms with Crippen molar-refractivity contribution in [1.29, 1.82) is 0 Å². The molecule has 4 heterocycles. The Morgan fingerprint density at radius 2 is 2.06 bits per heavy atom. The molecule has 0 spiro atoms. The summed E-state index contributed by atoms with van der Waals surface area (Å²) in [6, 6.07) is 2.85. The van der Waals surface area contributed by atoms with E-state index in [0.29, 0.717) is 42.8 Å². The molecule has 2 aliphatic rings. The van der Waals surface area contributed by atoms with Gasteiger partial charge in [0.2, 0.25) is 5.69 Å². The van der Waals surface area contributed by atoms with Crippen LogP contribution in [0, 0.1) is 15.9 Å². The van der Waals surface area contributed by atoms with Crippen LogP contribution >= 0.6 is 0 Å². The van der Waals surface area contributed by atoms with Crippen molar-refractivity contribution in [2.45, 2.75) is 25.5 Å². The number of nitro groups is 1. The van der Waals surface area contributed by atoms with Crippen molar-refractivity contribution in [1.82, 2.24) is 24.6 Å². The van der Waals surface area contributed by atoms with E-state index in [-0.39, 0.29) is 36.5 Å². The van der Waals surface area contributed by atoms with Crippen LogP contribution in [0.5, 0.6) is 0 Å². The lowest BCUT2D eigenvalue weighted by atomic mass is 10.2. The molecule has 13 heteroatoms. The molecule has 3 aromatic rings. The maximum Gasteiger partial charge on any atom is 0.407 e. The van der Waals surface area contributed by atoms with Crippen LogP contribution in [0.3, 0.4) is 0 Å². The van der Waals surface area contributed by atoms with Crippen molar-refractivity contribution in [3.05, 3.63) is 34.3 Å². The highest BCUT2D eigenvalue weighted by atomic mass is 19.1. The second kappa shape index (κ2) is 8.31. The standard InChI is InChI=1S/C20H22FN7O5/c21-12-9-13-14(10-15(12)25-4-6-26(7-5-25)20(29)30)23-19(22-13)18-16(28(31)32)11-27(24-18)17-3-1-2-8-33-17/h9-11,17H,1-8H2,(H,22,23)(H,29,30). The Morgan fingerprint density at radius 3 is 2.73 bits per heavy atom. The third kappa shape index (κ3) is 3.95. The summed E-state index contributed by atoms with van der Waals surface area (Å²) in [4.78, 5) is 32.7. The monoisotopic (exact) mass is 459 g/mol. The van der Waals surface area contributed by atoms with Gasteiger partial charge < -0.3 is 24.6 Å². The van der Waals surface area contributed by atoms with Gasteiger partial charge >= 0.3 is 11.8 Å². The summed E-state index contributed by atoms with van der Waals surface area (Å²) in [5, 5.41) is 25.1. The quantitative estimate of drug-likeness (QED) is 0.448. The van der Waals surface area contributed by atoms with E-state index in [1.165, 1.54) is 21.8 Å². The molecule has 5 rings (SSSR count). The smallest absolute Gasteiger partial charge is 0.407 e. The predicted octanol–water partition coefficient (Wildman–Crippen LogP) is 2.97. The number of anilines is 1. The van der Waals surface area contributed by atoms with Crippen molar-refractivity contribution in [2.75, 3.05) is 37.7 Å². The van der Waals surface area contributed by atoms with E-state index in [4.69, 9.17) is 9.84 Å². The van der Waals surface area contributed by atoms with Crippen LogP contribution in [0.15, 0.2) is 18.3 Å². The highest BCUT2D eigenvalue weighted by Crippen LogP contribution is 2.33. The summed E-state index contributed by atoms with van der Waals surface area (Å²) in [6.45, 7) is 1.82. The summed E-state index contributed by atoms with van der Waals surface area (Å²) in [7, 11) is 0. The molecule has 1 aromatic carbocycles. The fourth-order valence-electron chi connectivity index (χ4n) is 4.28. The first kappa shape index (κ1) is 21.1. The van der Waals surface area contributed by atoms with Gasteiger partial charge in [-0.1, -0.05) is 0 Å². The Morgan fingerprint density at radius 1 is 1.27 bits per heavy atom. The summed E-state index contributed by atoms with van der Waals surface area (Å²) in [5.74, 6) is -0.335. The number of nitrogens with zero attached hydrogens (tertiary/aromatic N) is 6. The number of hydrogen-bond acceptors (Lipinski definition) is 7. The minimum atomic E-state index is -0.997. The molecule has 174 valence electrons. The van der Waals surface area contributed by atoms with Gasteiger partial charge in [0.05, 0.1) is 21.6 Å². The molecule has 2 saturated heterocycles. The number of imidazole rings is 1. The minimum Gasteiger partial charge on any atom is -0.465 e. The highest BCUT2D eigenvalue weighted by Gasteiger charge is 2.28. The van der Waals surface area contributed by atoms with E-state index in [1.807, 2.05) is 0 Å². The van der Waals surface area contributed by atoms with Gasteiger partial charge in [0.25, 0.3) is 0 Å². The Kier molecular flexibility index (Phi) is 5.32. The number of H-pyrrole nitrogens is 1. The van der Waals surface area contributed by atoms with E-state index in [0.717, 1.165) is 12.8 Å². The molecule has 1 amide bonds. The molecule has 0 saturated carbocycles. The van der Waals surface area contributed by atoms with E-state index in [1.54, 1.807) is 11.0 Å². The van der Waals surface area contributed by atoms with E-state index >= 15 is 0 Å². The summed E-state index contributed by atoms with van der Waals surface area (Å²) in [6.07, 6.45) is 2.57. The fraction of sp³-hybridized carbons (Fsp3) is 0.450. The number of rotatable bonds is 4. The third-order valence-corrected chi connectivity index (χ3v) is 6.03. The number of carbonyl (C=O) groups is 1. The first-order chi connectivity index (χ1) is 15.9. The molecule has 2 aromatic heterocycles. The number of piperazine rings is 1. The van der Waals surface area contributed by atoms with Crippen molar-refractivity contribution in [3.8, 4) is 11.5 Å². The molecular weight excluding hydrogens is 437 g/mol. The number of ether oxygens (including phenoxy) is 1. The Labute approximate surface area is 186 Å². The number of aromatic amines is 1.